The van der Waals surface area contributed by atoms with E-state index in [1.54, 1.807) is 0 Å². The van der Waals surface area contributed by atoms with E-state index in [1.807, 2.05) is 44.2 Å². The summed E-state index contributed by atoms with van der Waals surface area (Å²) < 4.78 is 6.05. The van der Waals surface area contributed by atoms with Crippen LogP contribution < -0.4 is 4.74 Å². The molecule has 3 aromatic rings. The lowest BCUT2D eigenvalue weighted by Gasteiger charge is -2.27. The average molecular weight is 435 g/mol. The minimum absolute atomic E-state index is 0.0929. The molecule has 0 atom stereocenters. The summed E-state index contributed by atoms with van der Waals surface area (Å²) in [5.74, 6) is 0.768. The molecule has 0 aromatic heterocycles. The second-order valence-corrected chi connectivity index (χ2v) is 8.45. The quantitative estimate of drug-likeness (QED) is 0.413. The van der Waals surface area contributed by atoms with Gasteiger partial charge in [-0.05, 0) is 89.4 Å². The smallest absolute Gasteiger partial charge is 0.120 e. The van der Waals surface area contributed by atoms with Crippen LogP contribution in [-0.4, -0.2) is 15.3 Å². The molecule has 0 aliphatic carbocycles. The largest absolute Gasteiger partial charge is 0.489 e. The Balaban J connectivity index is 1.85. The van der Waals surface area contributed by atoms with Gasteiger partial charge in [0.25, 0.3) is 0 Å². The molecule has 4 nitrogen and oxygen atoms in total. The van der Waals surface area contributed by atoms with E-state index in [0.717, 1.165) is 44.7 Å². The van der Waals surface area contributed by atoms with Gasteiger partial charge in [-0.15, -0.1) is 0 Å². The number of hydrogen-bond acceptors (Lipinski definition) is 4. The van der Waals surface area contributed by atoms with Gasteiger partial charge < -0.3 is 20.1 Å². The molecule has 0 aliphatic heterocycles. The summed E-state index contributed by atoms with van der Waals surface area (Å²) in [6.45, 7) is 8.36. The molecule has 0 heterocycles. The molecule has 4 heteroatoms. The molecule has 0 radical (unpaired) electrons. The fourth-order valence-electron chi connectivity index (χ4n) is 4.13. The van der Waals surface area contributed by atoms with Crippen molar-refractivity contribution < 1.29 is 20.1 Å². The highest BCUT2D eigenvalue weighted by molar-refractivity contribution is 5.72. The molecule has 0 saturated heterocycles. The minimum atomic E-state index is -0.789. The normalized spacial score (nSPS) is 11.6. The summed E-state index contributed by atoms with van der Waals surface area (Å²) in [5, 5.41) is 29.8. The van der Waals surface area contributed by atoms with Crippen molar-refractivity contribution in [3.05, 3.63) is 88.0 Å². The zero-order chi connectivity index (χ0) is 23.3. The lowest BCUT2D eigenvalue weighted by molar-refractivity contribution is 0.0283. The molecule has 0 fully saturated rings. The molecule has 3 N–H and O–H groups in total. The van der Waals surface area contributed by atoms with E-state index in [9.17, 15) is 15.3 Å². The SMILES string of the molecule is CCC(O)(CC)c1ccc(-c2cc(OCc3ccc(CO)c(CO)c3)ccc2C)c(C)c1. The van der Waals surface area contributed by atoms with Crippen molar-refractivity contribution in [2.45, 2.75) is 66.0 Å². The highest BCUT2D eigenvalue weighted by atomic mass is 16.5. The Morgan fingerprint density at radius 1 is 0.750 bits per heavy atom. The van der Waals surface area contributed by atoms with Crippen molar-refractivity contribution in [1.29, 1.82) is 0 Å². The highest BCUT2D eigenvalue weighted by Crippen LogP contribution is 2.35. The van der Waals surface area contributed by atoms with Crippen LogP contribution in [0.15, 0.2) is 54.6 Å². The average Bonchev–Trinajstić information content (AvgIpc) is 2.82. The Morgan fingerprint density at radius 3 is 2.09 bits per heavy atom. The van der Waals surface area contributed by atoms with Crippen molar-refractivity contribution in [3.8, 4) is 16.9 Å². The molecule has 0 bridgehead atoms. The predicted octanol–water partition coefficient (Wildman–Crippen LogP) is 5.54. The van der Waals surface area contributed by atoms with Crippen molar-refractivity contribution in [1.82, 2.24) is 0 Å². The second-order valence-electron chi connectivity index (χ2n) is 8.45. The van der Waals surface area contributed by atoms with Crippen LogP contribution >= 0.6 is 0 Å². The third-order valence-corrected chi connectivity index (χ3v) is 6.45. The third-order valence-electron chi connectivity index (χ3n) is 6.45. The van der Waals surface area contributed by atoms with E-state index in [4.69, 9.17) is 4.74 Å². The van der Waals surface area contributed by atoms with Gasteiger partial charge in [0.05, 0.1) is 18.8 Å². The monoisotopic (exact) mass is 434 g/mol. The molecule has 0 aliphatic rings. The molecule has 3 rings (SSSR count). The Kier molecular flexibility index (Phi) is 7.73. The summed E-state index contributed by atoms with van der Waals surface area (Å²) in [5.41, 5.74) is 7.06. The molecule has 170 valence electrons. The summed E-state index contributed by atoms with van der Waals surface area (Å²) in [7, 11) is 0. The first-order valence-electron chi connectivity index (χ1n) is 11.2. The van der Waals surface area contributed by atoms with Crippen LogP contribution in [0.1, 0.15) is 60.1 Å². The van der Waals surface area contributed by atoms with E-state index in [0.29, 0.717) is 25.0 Å². The van der Waals surface area contributed by atoms with Gasteiger partial charge in [0.2, 0.25) is 0 Å². The Morgan fingerprint density at radius 2 is 1.47 bits per heavy atom. The van der Waals surface area contributed by atoms with E-state index < -0.39 is 5.60 Å². The first-order chi connectivity index (χ1) is 15.3. The van der Waals surface area contributed by atoms with Gasteiger partial charge in [0.15, 0.2) is 0 Å². The van der Waals surface area contributed by atoms with E-state index in [2.05, 4.69) is 38.1 Å². The summed E-state index contributed by atoms with van der Waals surface area (Å²) in [6, 6.07) is 17.9. The first kappa shape index (κ1) is 24.0. The molecular weight excluding hydrogens is 400 g/mol. The van der Waals surface area contributed by atoms with Crippen LogP contribution in [0.3, 0.4) is 0 Å². The number of aliphatic hydroxyl groups is 3. The molecule has 0 unspecified atom stereocenters. The fraction of sp³-hybridized carbons (Fsp3) is 0.357. The van der Waals surface area contributed by atoms with Crippen molar-refractivity contribution in [2.24, 2.45) is 0 Å². The summed E-state index contributed by atoms with van der Waals surface area (Å²) >= 11 is 0. The zero-order valence-corrected chi connectivity index (χ0v) is 19.5. The standard InChI is InChI=1S/C28H34O4/c1-5-28(31,6-2)24-10-12-26(20(4)13-24)27-15-25(11-7-19(27)3)32-18-21-8-9-22(16-29)23(14-21)17-30/h7-15,29-31H,5-6,16-18H2,1-4H3. The van der Waals surface area contributed by atoms with Gasteiger partial charge in [0.1, 0.15) is 12.4 Å². The number of hydrogen-bond donors (Lipinski definition) is 3. The Labute approximate surface area is 191 Å². The third kappa shape index (κ3) is 5.04. The maximum absolute atomic E-state index is 10.9. The molecule has 0 saturated carbocycles. The van der Waals surface area contributed by atoms with Crippen molar-refractivity contribution in [2.75, 3.05) is 0 Å². The van der Waals surface area contributed by atoms with Gasteiger partial charge in [0, 0.05) is 0 Å². The van der Waals surface area contributed by atoms with Crippen molar-refractivity contribution >= 4 is 0 Å². The van der Waals surface area contributed by atoms with Gasteiger partial charge >= 0.3 is 0 Å². The lowest BCUT2D eigenvalue weighted by atomic mass is 9.85. The maximum Gasteiger partial charge on any atom is 0.120 e. The van der Waals surface area contributed by atoms with Crippen LogP contribution in [0, 0.1) is 13.8 Å². The molecule has 0 amide bonds. The molecular formula is C28H34O4. The maximum atomic E-state index is 10.9. The topological polar surface area (TPSA) is 69.9 Å². The molecule has 3 aromatic carbocycles. The number of aryl methyl sites for hydroxylation is 2. The zero-order valence-electron chi connectivity index (χ0n) is 19.5. The van der Waals surface area contributed by atoms with Crippen LogP contribution in [0.2, 0.25) is 0 Å². The Bertz CT molecular complexity index is 1070. The summed E-state index contributed by atoms with van der Waals surface area (Å²) in [4.78, 5) is 0. The van der Waals surface area contributed by atoms with Crippen molar-refractivity contribution in [3.63, 3.8) is 0 Å². The number of rotatable bonds is 9. The fourth-order valence-corrected chi connectivity index (χ4v) is 4.13. The van der Waals surface area contributed by atoms with E-state index in [1.165, 1.54) is 0 Å². The summed E-state index contributed by atoms with van der Waals surface area (Å²) in [6.07, 6.45) is 1.36. The van der Waals surface area contributed by atoms with Gasteiger partial charge in [-0.25, -0.2) is 0 Å². The second kappa shape index (κ2) is 10.3. The van der Waals surface area contributed by atoms with Crippen LogP contribution in [0.5, 0.6) is 5.75 Å². The minimum Gasteiger partial charge on any atom is -0.489 e. The number of ether oxygens (including phenoxy) is 1. The lowest BCUT2D eigenvalue weighted by Crippen LogP contribution is -2.23. The molecule has 0 spiro atoms. The van der Waals surface area contributed by atoms with Crippen LogP contribution in [-0.2, 0) is 25.4 Å². The highest BCUT2D eigenvalue weighted by Gasteiger charge is 2.25. The molecule has 32 heavy (non-hydrogen) atoms. The number of benzene rings is 3. The number of aliphatic hydroxyl groups excluding tert-OH is 2. The van der Waals surface area contributed by atoms with Gasteiger partial charge in [-0.1, -0.05) is 50.2 Å². The first-order valence-corrected chi connectivity index (χ1v) is 11.2. The van der Waals surface area contributed by atoms with Crippen LogP contribution in [0.4, 0.5) is 0 Å². The van der Waals surface area contributed by atoms with Crippen LogP contribution in [0.25, 0.3) is 11.1 Å². The van der Waals surface area contributed by atoms with Gasteiger partial charge in [-0.3, -0.25) is 0 Å². The van der Waals surface area contributed by atoms with E-state index in [-0.39, 0.29) is 13.2 Å². The van der Waals surface area contributed by atoms with E-state index >= 15 is 0 Å². The predicted molar refractivity (Wildman–Crippen MR) is 128 cm³/mol. The Hall–Kier alpha value is -2.66. The van der Waals surface area contributed by atoms with Gasteiger partial charge in [-0.2, -0.15) is 0 Å².